The summed E-state index contributed by atoms with van der Waals surface area (Å²) in [7, 11) is 0. The predicted octanol–water partition coefficient (Wildman–Crippen LogP) is 1.25. The van der Waals surface area contributed by atoms with E-state index >= 15 is 0 Å². The number of aromatic nitrogens is 2. The zero-order chi connectivity index (χ0) is 11.8. The van der Waals surface area contributed by atoms with Gasteiger partial charge in [-0.25, -0.2) is 0 Å². The van der Waals surface area contributed by atoms with Gasteiger partial charge in [0, 0.05) is 9.90 Å². The van der Waals surface area contributed by atoms with Crippen LogP contribution in [-0.4, -0.2) is 26.6 Å². The molecule has 9 heteroatoms. The van der Waals surface area contributed by atoms with E-state index in [1.807, 2.05) is 0 Å². The van der Waals surface area contributed by atoms with Gasteiger partial charge < -0.3 is 14.9 Å². The van der Waals surface area contributed by atoms with Crippen molar-refractivity contribution in [3.8, 4) is 6.01 Å². The van der Waals surface area contributed by atoms with Gasteiger partial charge in [0.05, 0.1) is 13.1 Å². The third-order valence-electron chi connectivity index (χ3n) is 2.23. The van der Waals surface area contributed by atoms with Crippen LogP contribution in [0.25, 0.3) is 10.4 Å². The Balaban J connectivity index is 2.19. The summed E-state index contributed by atoms with van der Waals surface area (Å²) in [5, 5.41) is 13.9. The van der Waals surface area contributed by atoms with Crippen LogP contribution in [0.15, 0.2) is 11.3 Å². The highest BCUT2D eigenvalue weighted by Crippen LogP contribution is 2.30. The summed E-state index contributed by atoms with van der Waals surface area (Å²) in [6, 6.07) is 0.183. The number of hydrogen-bond donors (Lipinski definition) is 0. The Morgan fingerprint density at radius 3 is 3.25 bits per heavy atom. The number of fused-ring (bicyclic) bond motifs is 1. The van der Waals surface area contributed by atoms with Gasteiger partial charge in [0.25, 0.3) is 0 Å². The molecular formula is C7H8N6O3. The molecule has 1 atom stereocenters. The second-order valence-corrected chi connectivity index (χ2v) is 3.71. The molecule has 2 rings (SSSR count). The molecule has 0 spiro atoms. The van der Waals surface area contributed by atoms with Crippen LogP contribution in [0.4, 0.5) is 5.82 Å². The van der Waals surface area contributed by atoms with Crippen molar-refractivity contribution in [1.82, 2.24) is 9.55 Å². The first-order chi connectivity index (χ1) is 7.54. The topological polar surface area (TPSA) is 119 Å². The average Bonchev–Trinajstić information content (AvgIpc) is 2.70. The Hall–Kier alpha value is -2.28. The first-order valence-electron chi connectivity index (χ1n) is 4.45. The molecular weight excluding hydrogens is 216 g/mol. The smallest absolute Gasteiger partial charge is 0.414 e. The Morgan fingerprint density at radius 2 is 2.69 bits per heavy atom. The molecule has 2 heterocycles. The number of imidazole rings is 1. The minimum atomic E-state index is -0.677. The lowest BCUT2D eigenvalue weighted by Gasteiger charge is -2.18. The van der Waals surface area contributed by atoms with Gasteiger partial charge in [0.15, 0.2) is 0 Å². The van der Waals surface area contributed by atoms with Crippen molar-refractivity contribution in [1.29, 1.82) is 0 Å². The first-order valence-corrected chi connectivity index (χ1v) is 4.45. The summed E-state index contributed by atoms with van der Waals surface area (Å²) < 4.78 is 6.94. The molecule has 0 saturated carbocycles. The van der Waals surface area contributed by atoms with E-state index in [4.69, 9.17) is 10.3 Å². The molecule has 1 aliphatic rings. The maximum atomic E-state index is 10.4. The van der Waals surface area contributed by atoms with Crippen LogP contribution in [0.5, 0.6) is 6.01 Å². The average molecular weight is 224 g/mol. The zero-order valence-electron chi connectivity index (χ0n) is 8.40. The van der Waals surface area contributed by atoms with Crippen molar-refractivity contribution in [2.75, 3.05) is 6.54 Å². The van der Waals surface area contributed by atoms with E-state index in [1.54, 1.807) is 6.92 Å². The van der Waals surface area contributed by atoms with Crippen molar-refractivity contribution >= 4 is 5.82 Å². The largest absolute Gasteiger partial charge is 0.437 e. The van der Waals surface area contributed by atoms with Crippen molar-refractivity contribution in [2.45, 2.75) is 19.1 Å². The maximum absolute atomic E-state index is 10.4. The number of azide groups is 1. The zero-order valence-corrected chi connectivity index (χ0v) is 8.40. The van der Waals surface area contributed by atoms with Crippen LogP contribution in [0.2, 0.25) is 0 Å². The van der Waals surface area contributed by atoms with E-state index in [0.717, 1.165) is 0 Å². The molecule has 0 aromatic carbocycles. The van der Waals surface area contributed by atoms with Crippen molar-refractivity contribution in [2.24, 2.45) is 5.11 Å². The van der Waals surface area contributed by atoms with E-state index in [2.05, 4.69) is 15.0 Å². The summed E-state index contributed by atoms with van der Waals surface area (Å²) in [4.78, 5) is 16.2. The van der Waals surface area contributed by atoms with Crippen LogP contribution in [0, 0.1) is 10.1 Å². The molecule has 0 fully saturated rings. The predicted molar refractivity (Wildman–Crippen MR) is 51.9 cm³/mol. The highest BCUT2D eigenvalue weighted by atomic mass is 16.6. The van der Waals surface area contributed by atoms with E-state index in [1.165, 1.54) is 10.8 Å². The second kappa shape index (κ2) is 3.38. The van der Waals surface area contributed by atoms with Gasteiger partial charge in [-0.15, -0.1) is 0 Å². The molecule has 1 aromatic rings. The number of nitrogens with zero attached hydrogens (tertiary/aromatic N) is 6. The molecule has 0 radical (unpaired) electrons. The molecule has 0 N–H and O–H groups in total. The Kier molecular flexibility index (Phi) is 2.17. The van der Waals surface area contributed by atoms with Crippen LogP contribution < -0.4 is 4.74 Å². The summed E-state index contributed by atoms with van der Waals surface area (Å²) in [6.07, 6.45) is 1.30. The number of ether oxygens (including phenoxy) is 1. The summed E-state index contributed by atoms with van der Waals surface area (Å²) in [5.41, 5.74) is 7.54. The Morgan fingerprint density at radius 1 is 1.94 bits per heavy atom. The Labute approximate surface area is 89.4 Å². The lowest BCUT2D eigenvalue weighted by molar-refractivity contribution is -0.389. The van der Waals surface area contributed by atoms with Crippen molar-refractivity contribution in [3.05, 3.63) is 26.8 Å². The third kappa shape index (κ3) is 1.63. The van der Waals surface area contributed by atoms with Gasteiger partial charge in [0.2, 0.25) is 0 Å². The van der Waals surface area contributed by atoms with Gasteiger partial charge in [-0.05, 0) is 17.4 Å². The van der Waals surface area contributed by atoms with E-state index < -0.39 is 10.5 Å². The fourth-order valence-electron chi connectivity index (χ4n) is 1.54. The van der Waals surface area contributed by atoms with E-state index in [-0.39, 0.29) is 18.4 Å². The summed E-state index contributed by atoms with van der Waals surface area (Å²) in [5.74, 6) is -0.249. The number of nitro groups is 1. The molecule has 16 heavy (non-hydrogen) atoms. The van der Waals surface area contributed by atoms with E-state index in [0.29, 0.717) is 6.54 Å². The lowest BCUT2D eigenvalue weighted by Crippen LogP contribution is -2.34. The molecule has 0 amide bonds. The van der Waals surface area contributed by atoms with Crippen LogP contribution in [-0.2, 0) is 6.54 Å². The SMILES string of the molecule is C[C@]1(CN=[N+]=[N-])Cn2cc([N+](=O)[O-])nc2O1. The van der Waals surface area contributed by atoms with Gasteiger partial charge in [-0.1, -0.05) is 5.11 Å². The summed E-state index contributed by atoms with van der Waals surface area (Å²) in [6.45, 7) is 2.28. The number of rotatable bonds is 3. The minimum absolute atomic E-state index is 0.153. The van der Waals surface area contributed by atoms with Crippen molar-refractivity contribution < 1.29 is 9.66 Å². The summed E-state index contributed by atoms with van der Waals surface area (Å²) >= 11 is 0. The maximum Gasteiger partial charge on any atom is 0.414 e. The number of hydrogen-bond acceptors (Lipinski definition) is 5. The van der Waals surface area contributed by atoms with E-state index in [9.17, 15) is 10.1 Å². The first kappa shape index (κ1) is 10.2. The lowest BCUT2D eigenvalue weighted by atomic mass is 10.1. The molecule has 1 aromatic heterocycles. The molecule has 0 aliphatic carbocycles. The highest BCUT2D eigenvalue weighted by molar-refractivity contribution is 5.23. The molecule has 0 saturated heterocycles. The van der Waals surface area contributed by atoms with Crippen LogP contribution in [0.1, 0.15) is 6.92 Å². The molecule has 84 valence electrons. The fraction of sp³-hybridized carbons (Fsp3) is 0.571. The molecule has 1 aliphatic heterocycles. The molecule has 0 bridgehead atoms. The quantitative estimate of drug-likeness (QED) is 0.252. The van der Waals surface area contributed by atoms with Gasteiger partial charge in [-0.3, -0.25) is 4.57 Å². The van der Waals surface area contributed by atoms with Gasteiger partial charge in [-0.2, -0.15) is 0 Å². The standard InChI is InChI=1S/C7H8N6O3/c1-7(3-9-11-8)4-12-2-5(13(14)15)10-6(12)16-7/h2H,3-4H2,1H3/t7-/m0/s1. The third-order valence-corrected chi connectivity index (χ3v) is 2.23. The van der Waals surface area contributed by atoms with Gasteiger partial charge >= 0.3 is 11.8 Å². The van der Waals surface area contributed by atoms with Crippen LogP contribution >= 0.6 is 0 Å². The highest BCUT2D eigenvalue weighted by Gasteiger charge is 2.39. The Bertz CT molecular complexity index is 465. The fourth-order valence-corrected chi connectivity index (χ4v) is 1.54. The molecule has 0 unspecified atom stereocenters. The normalized spacial score (nSPS) is 22.1. The van der Waals surface area contributed by atoms with Crippen molar-refractivity contribution in [3.63, 3.8) is 0 Å². The van der Waals surface area contributed by atoms with Gasteiger partial charge in [0.1, 0.15) is 11.8 Å². The minimum Gasteiger partial charge on any atom is -0.437 e. The molecule has 9 nitrogen and oxygen atoms in total. The van der Waals surface area contributed by atoms with Crippen LogP contribution in [0.3, 0.4) is 0 Å². The second-order valence-electron chi connectivity index (χ2n) is 3.71. The monoisotopic (exact) mass is 224 g/mol.